The van der Waals surface area contributed by atoms with Gasteiger partial charge in [-0.2, -0.15) is 0 Å². The molecule has 2 aromatic rings. The van der Waals surface area contributed by atoms with Gasteiger partial charge in [0.05, 0.1) is 12.7 Å². The van der Waals surface area contributed by atoms with Crippen molar-refractivity contribution in [2.45, 2.75) is 26.3 Å². The number of amides is 3. The highest BCUT2D eigenvalue weighted by molar-refractivity contribution is 5.92. The molecule has 0 radical (unpaired) electrons. The Morgan fingerprint density at radius 1 is 0.966 bits per heavy atom. The Balaban J connectivity index is 1.55. The highest BCUT2D eigenvalue weighted by atomic mass is 16.3. The van der Waals surface area contributed by atoms with Crippen LogP contribution in [0.25, 0.3) is 0 Å². The molecule has 1 aliphatic heterocycles. The molecule has 1 fully saturated rings. The fourth-order valence-electron chi connectivity index (χ4n) is 3.40. The molecule has 1 atom stereocenters. The molecular weight excluding hydrogens is 370 g/mol. The van der Waals surface area contributed by atoms with Gasteiger partial charge < -0.3 is 19.5 Å². The molecule has 0 spiro atoms. The van der Waals surface area contributed by atoms with Crippen molar-refractivity contribution in [2.24, 2.45) is 5.92 Å². The molecule has 1 aromatic carbocycles. The maximum atomic E-state index is 13.0. The van der Waals surface area contributed by atoms with Crippen molar-refractivity contribution in [3.05, 3.63) is 60.1 Å². The molecule has 0 bridgehead atoms. The number of carbonyl (C=O) groups excluding carboxylic acids is 3. The first-order valence-corrected chi connectivity index (χ1v) is 9.90. The minimum absolute atomic E-state index is 0.0370. The molecule has 3 amide bonds. The zero-order chi connectivity index (χ0) is 20.8. The van der Waals surface area contributed by atoms with Gasteiger partial charge >= 0.3 is 0 Å². The number of nitrogens with zero attached hydrogens (tertiary/aromatic N) is 2. The topological polar surface area (TPSA) is 82.9 Å². The van der Waals surface area contributed by atoms with Crippen molar-refractivity contribution in [2.75, 3.05) is 26.2 Å². The van der Waals surface area contributed by atoms with Crippen molar-refractivity contribution in [1.29, 1.82) is 0 Å². The number of piperazine rings is 1. The van der Waals surface area contributed by atoms with Gasteiger partial charge in [-0.25, -0.2) is 0 Å². The van der Waals surface area contributed by atoms with Crippen LogP contribution in [0.5, 0.6) is 0 Å². The van der Waals surface area contributed by atoms with Gasteiger partial charge in [0, 0.05) is 26.2 Å². The summed E-state index contributed by atoms with van der Waals surface area (Å²) in [6, 6.07) is 12.2. The van der Waals surface area contributed by atoms with Gasteiger partial charge in [0.15, 0.2) is 5.76 Å². The Morgan fingerprint density at radius 3 is 2.21 bits per heavy atom. The maximum absolute atomic E-state index is 13.0. The monoisotopic (exact) mass is 397 g/mol. The number of nitrogens with one attached hydrogen (secondary N) is 1. The fraction of sp³-hybridized carbons (Fsp3) is 0.409. The zero-order valence-corrected chi connectivity index (χ0v) is 16.8. The molecule has 1 saturated heterocycles. The van der Waals surface area contributed by atoms with E-state index in [0.29, 0.717) is 31.9 Å². The van der Waals surface area contributed by atoms with Gasteiger partial charge in [-0.1, -0.05) is 44.2 Å². The first-order valence-electron chi connectivity index (χ1n) is 9.90. The Hall–Kier alpha value is -3.09. The number of hydrogen-bond acceptors (Lipinski definition) is 4. The highest BCUT2D eigenvalue weighted by Gasteiger charge is 2.32. The van der Waals surface area contributed by atoms with Crippen LogP contribution in [-0.2, 0) is 16.0 Å². The number of benzene rings is 1. The Kier molecular flexibility index (Phi) is 6.69. The van der Waals surface area contributed by atoms with E-state index in [1.165, 1.54) is 6.26 Å². The molecule has 7 heteroatoms. The molecule has 2 heterocycles. The van der Waals surface area contributed by atoms with Gasteiger partial charge in [0.2, 0.25) is 11.8 Å². The lowest BCUT2D eigenvalue weighted by Crippen LogP contribution is -2.57. The molecule has 1 unspecified atom stereocenters. The standard InChI is InChI=1S/C22H27N3O4/c1-16(2)20(23-19(26)15-17-7-4-3-5-8-17)22(28)25-12-10-24(11-13-25)21(27)18-9-6-14-29-18/h3-9,14,16,20H,10-13,15H2,1-2H3,(H,23,26). The van der Waals surface area contributed by atoms with Crippen molar-refractivity contribution in [3.63, 3.8) is 0 Å². The van der Waals surface area contributed by atoms with Crippen LogP contribution in [0.3, 0.4) is 0 Å². The lowest BCUT2D eigenvalue weighted by molar-refractivity contribution is -0.138. The predicted octanol–water partition coefficient (Wildman–Crippen LogP) is 1.95. The summed E-state index contributed by atoms with van der Waals surface area (Å²) < 4.78 is 5.17. The molecular formula is C22H27N3O4. The van der Waals surface area contributed by atoms with Crippen LogP contribution >= 0.6 is 0 Å². The van der Waals surface area contributed by atoms with E-state index in [0.717, 1.165) is 5.56 Å². The van der Waals surface area contributed by atoms with E-state index in [2.05, 4.69) is 5.32 Å². The van der Waals surface area contributed by atoms with Crippen LogP contribution in [0, 0.1) is 5.92 Å². The SMILES string of the molecule is CC(C)C(NC(=O)Cc1ccccc1)C(=O)N1CCN(C(=O)c2ccco2)CC1. The molecule has 0 aliphatic carbocycles. The fourth-order valence-corrected chi connectivity index (χ4v) is 3.40. The second-order valence-electron chi connectivity index (χ2n) is 7.55. The van der Waals surface area contributed by atoms with E-state index in [9.17, 15) is 14.4 Å². The Labute approximate surface area is 170 Å². The normalized spacial score (nSPS) is 15.3. The van der Waals surface area contributed by atoms with Crippen molar-refractivity contribution in [1.82, 2.24) is 15.1 Å². The van der Waals surface area contributed by atoms with Crippen LogP contribution in [0.1, 0.15) is 30.0 Å². The van der Waals surface area contributed by atoms with Crippen LogP contribution in [0.15, 0.2) is 53.1 Å². The lowest BCUT2D eigenvalue weighted by Gasteiger charge is -2.37. The predicted molar refractivity (Wildman–Crippen MR) is 108 cm³/mol. The summed E-state index contributed by atoms with van der Waals surface area (Å²) in [5.41, 5.74) is 0.907. The maximum Gasteiger partial charge on any atom is 0.289 e. The lowest BCUT2D eigenvalue weighted by atomic mass is 10.0. The second kappa shape index (κ2) is 9.41. The summed E-state index contributed by atoms with van der Waals surface area (Å²) in [6.45, 7) is 5.58. The van der Waals surface area contributed by atoms with Crippen molar-refractivity contribution in [3.8, 4) is 0 Å². The third-order valence-corrected chi connectivity index (χ3v) is 5.07. The third-order valence-electron chi connectivity index (χ3n) is 5.07. The van der Waals surface area contributed by atoms with Gasteiger partial charge in [-0.05, 0) is 23.6 Å². The van der Waals surface area contributed by atoms with E-state index in [1.807, 2.05) is 44.2 Å². The van der Waals surface area contributed by atoms with E-state index < -0.39 is 6.04 Å². The summed E-state index contributed by atoms with van der Waals surface area (Å²) in [4.78, 5) is 41.2. The molecule has 7 nitrogen and oxygen atoms in total. The first-order chi connectivity index (χ1) is 14.0. The zero-order valence-electron chi connectivity index (χ0n) is 16.8. The Bertz CT molecular complexity index is 825. The summed E-state index contributed by atoms with van der Waals surface area (Å²) in [5.74, 6) is -0.178. The van der Waals surface area contributed by atoms with Crippen LogP contribution in [0.4, 0.5) is 0 Å². The van der Waals surface area contributed by atoms with Gasteiger partial charge in [-0.3, -0.25) is 14.4 Å². The van der Waals surface area contributed by atoms with E-state index in [1.54, 1.807) is 21.9 Å². The van der Waals surface area contributed by atoms with Crippen LogP contribution in [-0.4, -0.2) is 59.7 Å². The van der Waals surface area contributed by atoms with Crippen LogP contribution in [0.2, 0.25) is 0 Å². The summed E-state index contributed by atoms with van der Waals surface area (Å²) in [5, 5.41) is 2.89. The van der Waals surface area contributed by atoms with E-state index >= 15 is 0 Å². The minimum atomic E-state index is -0.585. The van der Waals surface area contributed by atoms with E-state index in [-0.39, 0.29) is 30.1 Å². The molecule has 1 aromatic heterocycles. The molecule has 1 N–H and O–H groups in total. The molecule has 154 valence electrons. The quantitative estimate of drug-likeness (QED) is 0.808. The summed E-state index contributed by atoms with van der Waals surface area (Å²) in [6.07, 6.45) is 1.71. The average molecular weight is 397 g/mol. The number of rotatable bonds is 6. The highest BCUT2D eigenvalue weighted by Crippen LogP contribution is 2.13. The van der Waals surface area contributed by atoms with Gasteiger partial charge in [-0.15, -0.1) is 0 Å². The minimum Gasteiger partial charge on any atom is -0.459 e. The first kappa shape index (κ1) is 20.6. The van der Waals surface area contributed by atoms with Crippen molar-refractivity contribution >= 4 is 17.7 Å². The van der Waals surface area contributed by atoms with Crippen molar-refractivity contribution < 1.29 is 18.8 Å². The van der Waals surface area contributed by atoms with Gasteiger partial charge in [0.25, 0.3) is 5.91 Å². The smallest absolute Gasteiger partial charge is 0.289 e. The Morgan fingerprint density at radius 2 is 1.62 bits per heavy atom. The van der Waals surface area contributed by atoms with Crippen LogP contribution < -0.4 is 5.32 Å². The molecule has 1 aliphatic rings. The summed E-state index contributed by atoms with van der Waals surface area (Å²) >= 11 is 0. The second-order valence-corrected chi connectivity index (χ2v) is 7.55. The molecule has 29 heavy (non-hydrogen) atoms. The average Bonchev–Trinajstić information content (AvgIpc) is 3.26. The number of carbonyl (C=O) groups is 3. The number of furan rings is 1. The largest absolute Gasteiger partial charge is 0.459 e. The third kappa shape index (κ3) is 5.25. The molecule has 0 saturated carbocycles. The van der Waals surface area contributed by atoms with Gasteiger partial charge in [0.1, 0.15) is 6.04 Å². The number of hydrogen-bond donors (Lipinski definition) is 1. The summed E-state index contributed by atoms with van der Waals surface area (Å²) in [7, 11) is 0. The van der Waals surface area contributed by atoms with E-state index in [4.69, 9.17) is 4.42 Å². The molecule has 3 rings (SSSR count).